The Bertz CT molecular complexity index is 167. The van der Waals surface area contributed by atoms with Crippen LogP contribution in [0, 0.1) is 17.8 Å². The van der Waals surface area contributed by atoms with Crippen LogP contribution in [0.3, 0.4) is 0 Å². The van der Waals surface area contributed by atoms with E-state index in [9.17, 15) is 0 Å². The molecule has 2 rings (SSSR count). The average Bonchev–Trinajstić information content (AvgIpc) is 2.46. The Morgan fingerprint density at radius 2 is 2.10 bits per heavy atom. The van der Waals surface area contributed by atoms with Gasteiger partial charge in [-0.2, -0.15) is 0 Å². The second-order valence-corrected chi connectivity index (χ2v) is 3.37. The quantitative estimate of drug-likeness (QED) is 0.507. The number of nitrogens with two attached hydrogens (primary N) is 1. The summed E-state index contributed by atoms with van der Waals surface area (Å²) in [6.07, 6.45) is 5.57. The van der Waals surface area contributed by atoms with E-state index in [0.717, 1.165) is 0 Å². The molecule has 2 nitrogen and oxygen atoms in total. The molecule has 2 aliphatic rings. The molecular weight excluding hydrogens is 126 g/mol. The summed E-state index contributed by atoms with van der Waals surface area (Å²) < 4.78 is 0. The van der Waals surface area contributed by atoms with Gasteiger partial charge in [0.15, 0.2) is 0 Å². The van der Waals surface area contributed by atoms with E-state index in [4.69, 9.17) is 10.8 Å². The van der Waals surface area contributed by atoms with E-state index in [1.54, 1.807) is 0 Å². The first-order valence-corrected chi connectivity index (χ1v) is 3.87. The Morgan fingerprint density at radius 1 is 1.40 bits per heavy atom. The smallest absolute Gasteiger partial charge is 0.0479 e. The Labute approximate surface area is 60.7 Å². The van der Waals surface area contributed by atoms with Gasteiger partial charge >= 0.3 is 0 Å². The van der Waals surface area contributed by atoms with Crippen LogP contribution in [0.2, 0.25) is 0 Å². The van der Waals surface area contributed by atoms with E-state index in [-0.39, 0.29) is 12.6 Å². The Morgan fingerprint density at radius 3 is 2.50 bits per heavy atom. The topological polar surface area (TPSA) is 46.2 Å². The molecule has 0 spiro atoms. The predicted molar refractivity (Wildman–Crippen MR) is 39.3 cm³/mol. The molecule has 2 heteroatoms. The maximum Gasteiger partial charge on any atom is 0.0479 e. The molecule has 2 aliphatic carbocycles. The van der Waals surface area contributed by atoms with Crippen LogP contribution in [0.4, 0.5) is 0 Å². The molecule has 0 radical (unpaired) electrons. The number of aliphatic hydroxyl groups is 1. The van der Waals surface area contributed by atoms with E-state index < -0.39 is 0 Å². The lowest BCUT2D eigenvalue weighted by atomic mass is 9.90. The van der Waals surface area contributed by atoms with Gasteiger partial charge in [-0.3, -0.25) is 0 Å². The van der Waals surface area contributed by atoms with Crippen LogP contribution in [-0.4, -0.2) is 17.8 Å². The largest absolute Gasteiger partial charge is 0.396 e. The minimum atomic E-state index is 0.222. The van der Waals surface area contributed by atoms with Gasteiger partial charge in [0.25, 0.3) is 0 Å². The molecule has 0 unspecified atom stereocenters. The van der Waals surface area contributed by atoms with Gasteiger partial charge in [-0.15, -0.1) is 0 Å². The van der Waals surface area contributed by atoms with E-state index in [2.05, 4.69) is 12.2 Å². The fraction of sp³-hybridized carbons (Fsp3) is 0.750. The van der Waals surface area contributed by atoms with E-state index in [1.165, 1.54) is 6.42 Å². The number of hydrogen-bond acceptors (Lipinski definition) is 2. The van der Waals surface area contributed by atoms with E-state index in [0.29, 0.717) is 17.8 Å². The monoisotopic (exact) mass is 139 g/mol. The SMILES string of the molecule is N[C@@H]1[C@@H](CO)[C@H]2C=C[C@H]1C2. The summed E-state index contributed by atoms with van der Waals surface area (Å²) in [5.41, 5.74) is 5.86. The molecule has 0 aliphatic heterocycles. The maximum atomic E-state index is 8.94. The molecule has 1 saturated carbocycles. The molecule has 3 N–H and O–H groups in total. The fourth-order valence-corrected chi connectivity index (χ4v) is 2.22. The Kier molecular flexibility index (Phi) is 1.32. The van der Waals surface area contributed by atoms with E-state index in [1.807, 2.05) is 0 Å². The molecule has 0 aromatic carbocycles. The van der Waals surface area contributed by atoms with Gasteiger partial charge in [-0.25, -0.2) is 0 Å². The number of hydrogen-bond donors (Lipinski definition) is 2. The van der Waals surface area contributed by atoms with Gasteiger partial charge in [-0.05, 0) is 18.3 Å². The highest BCUT2D eigenvalue weighted by atomic mass is 16.3. The number of aliphatic hydroxyl groups excluding tert-OH is 1. The van der Waals surface area contributed by atoms with Gasteiger partial charge in [0.2, 0.25) is 0 Å². The summed E-state index contributed by atoms with van der Waals surface area (Å²) in [7, 11) is 0. The van der Waals surface area contributed by atoms with Crippen molar-refractivity contribution in [2.75, 3.05) is 6.61 Å². The maximum absolute atomic E-state index is 8.94. The van der Waals surface area contributed by atoms with Crippen LogP contribution in [0.1, 0.15) is 6.42 Å². The molecule has 0 saturated heterocycles. The van der Waals surface area contributed by atoms with Crippen LogP contribution in [0.15, 0.2) is 12.2 Å². The van der Waals surface area contributed by atoms with Crippen molar-refractivity contribution in [3.8, 4) is 0 Å². The minimum absolute atomic E-state index is 0.222. The first-order valence-electron chi connectivity index (χ1n) is 3.87. The first kappa shape index (κ1) is 6.38. The summed E-state index contributed by atoms with van der Waals surface area (Å²) in [5.74, 6) is 1.47. The highest BCUT2D eigenvalue weighted by Gasteiger charge is 2.41. The standard InChI is InChI=1S/C8H13NO/c9-8-6-2-1-5(3-6)7(8)4-10/h1-2,5-8,10H,3-4,9H2/t5-,6-,7-,8-/m0/s1. The Balaban J connectivity index is 2.18. The summed E-state index contributed by atoms with van der Waals surface area (Å²) >= 11 is 0. The second-order valence-electron chi connectivity index (χ2n) is 3.37. The lowest BCUT2D eigenvalue weighted by Crippen LogP contribution is -2.35. The molecular formula is C8H13NO. The third-order valence-corrected chi connectivity index (χ3v) is 2.90. The zero-order valence-corrected chi connectivity index (χ0v) is 5.90. The highest BCUT2D eigenvalue weighted by molar-refractivity contribution is 5.15. The molecule has 2 bridgehead atoms. The number of rotatable bonds is 1. The second kappa shape index (κ2) is 2.07. The van der Waals surface area contributed by atoms with Crippen molar-refractivity contribution in [2.45, 2.75) is 12.5 Å². The molecule has 0 heterocycles. The van der Waals surface area contributed by atoms with Crippen molar-refractivity contribution < 1.29 is 5.11 Å². The normalized spacial score (nSPS) is 50.6. The van der Waals surface area contributed by atoms with Crippen molar-refractivity contribution in [1.82, 2.24) is 0 Å². The first-order chi connectivity index (χ1) is 4.83. The molecule has 10 heavy (non-hydrogen) atoms. The molecule has 0 aromatic rings. The van der Waals surface area contributed by atoms with Crippen molar-refractivity contribution in [1.29, 1.82) is 0 Å². The third kappa shape index (κ3) is 0.662. The number of fused-ring (bicyclic) bond motifs is 2. The summed E-state index contributed by atoms with van der Waals surface area (Å²) in [4.78, 5) is 0. The zero-order valence-electron chi connectivity index (χ0n) is 5.90. The van der Waals surface area contributed by atoms with Crippen LogP contribution in [0.5, 0.6) is 0 Å². The third-order valence-electron chi connectivity index (χ3n) is 2.90. The summed E-state index contributed by atoms with van der Waals surface area (Å²) in [5, 5.41) is 8.94. The summed E-state index contributed by atoms with van der Waals surface area (Å²) in [6, 6.07) is 0.222. The van der Waals surface area contributed by atoms with E-state index >= 15 is 0 Å². The minimum Gasteiger partial charge on any atom is -0.396 e. The van der Waals surface area contributed by atoms with Gasteiger partial charge in [0, 0.05) is 18.6 Å². The molecule has 56 valence electrons. The van der Waals surface area contributed by atoms with Gasteiger partial charge in [0.05, 0.1) is 0 Å². The van der Waals surface area contributed by atoms with Crippen molar-refractivity contribution >= 4 is 0 Å². The number of allylic oxidation sites excluding steroid dienone is 1. The lowest BCUT2D eigenvalue weighted by Gasteiger charge is -2.21. The van der Waals surface area contributed by atoms with Gasteiger partial charge in [0.1, 0.15) is 0 Å². The fourth-order valence-electron chi connectivity index (χ4n) is 2.22. The van der Waals surface area contributed by atoms with Gasteiger partial charge in [-0.1, -0.05) is 12.2 Å². The van der Waals surface area contributed by atoms with Crippen molar-refractivity contribution in [3.63, 3.8) is 0 Å². The van der Waals surface area contributed by atoms with Crippen LogP contribution in [-0.2, 0) is 0 Å². The van der Waals surface area contributed by atoms with Crippen molar-refractivity contribution in [3.05, 3.63) is 12.2 Å². The zero-order chi connectivity index (χ0) is 7.14. The molecule has 0 amide bonds. The van der Waals surface area contributed by atoms with Crippen LogP contribution in [0.25, 0.3) is 0 Å². The highest BCUT2D eigenvalue weighted by Crippen LogP contribution is 2.42. The molecule has 0 aromatic heterocycles. The molecule has 1 fully saturated rings. The van der Waals surface area contributed by atoms with Gasteiger partial charge < -0.3 is 10.8 Å². The van der Waals surface area contributed by atoms with Crippen LogP contribution >= 0.6 is 0 Å². The summed E-state index contributed by atoms with van der Waals surface area (Å²) in [6.45, 7) is 0.257. The lowest BCUT2D eigenvalue weighted by molar-refractivity contribution is 0.193. The Hall–Kier alpha value is -0.340. The van der Waals surface area contributed by atoms with Crippen molar-refractivity contribution in [2.24, 2.45) is 23.5 Å². The molecule has 4 atom stereocenters. The average molecular weight is 139 g/mol. The van der Waals surface area contributed by atoms with Crippen LogP contribution < -0.4 is 5.73 Å². The predicted octanol–water partition coefficient (Wildman–Crippen LogP) is 0.128.